The molecule has 178 valence electrons. The van der Waals surface area contributed by atoms with Crippen molar-refractivity contribution in [2.45, 2.75) is 46.5 Å². The fourth-order valence-electron chi connectivity index (χ4n) is 2.18. The molecule has 0 fully saturated rings. The molecule has 0 atom stereocenters. The summed E-state index contributed by atoms with van der Waals surface area (Å²) in [5, 5.41) is 7.62. The Kier molecular flexibility index (Phi) is 18.4. The Morgan fingerprint density at radius 1 is 0.969 bits per heavy atom. The molecule has 0 aliphatic rings. The maximum atomic E-state index is 10.3. The van der Waals surface area contributed by atoms with Crippen LogP contribution < -0.4 is 0 Å². The number of carbonyl (C=O) groups is 1. The van der Waals surface area contributed by atoms with Crippen LogP contribution in [0.5, 0.6) is 0 Å². The Labute approximate surface area is 192 Å². The third-order valence-corrected chi connectivity index (χ3v) is 3.94. The predicted octanol–water partition coefficient (Wildman–Crippen LogP) is 5.43. The lowest BCUT2D eigenvalue weighted by Gasteiger charge is -1.98. The first-order chi connectivity index (χ1) is 15.5. The highest BCUT2D eigenvalue weighted by atomic mass is 16.6. The third kappa shape index (κ3) is 17.0. The van der Waals surface area contributed by atoms with E-state index >= 15 is 0 Å². The van der Waals surface area contributed by atoms with Crippen LogP contribution in [0.25, 0.3) is 12.2 Å². The minimum Gasteiger partial charge on any atom is -0.460 e. The van der Waals surface area contributed by atoms with Crippen LogP contribution in [-0.2, 0) is 19.0 Å². The number of esters is 1. The fraction of sp³-hybridized carbons (Fsp3) is 0.480. The molecule has 0 saturated carbocycles. The molecule has 0 aliphatic carbocycles. The molecule has 7 heteroatoms. The van der Waals surface area contributed by atoms with Crippen molar-refractivity contribution in [3.8, 4) is 0 Å². The van der Waals surface area contributed by atoms with E-state index in [9.17, 15) is 4.79 Å². The van der Waals surface area contributed by atoms with Crippen molar-refractivity contribution in [3.05, 3.63) is 59.8 Å². The number of hydrogen-bond acceptors (Lipinski definition) is 7. The lowest BCUT2D eigenvalue weighted by Crippen LogP contribution is -2.06. The van der Waals surface area contributed by atoms with Crippen molar-refractivity contribution >= 4 is 18.1 Å². The van der Waals surface area contributed by atoms with Gasteiger partial charge >= 0.3 is 5.97 Å². The number of hydrogen-bond donors (Lipinski definition) is 0. The van der Waals surface area contributed by atoms with E-state index in [2.05, 4.69) is 64.4 Å². The molecule has 2 aromatic rings. The zero-order valence-electron chi connectivity index (χ0n) is 20.1. The van der Waals surface area contributed by atoms with Gasteiger partial charge in [0.05, 0.1) is 6.61 Å². The van der Waals surface area contributed by atoms with Crippen LogP contribution in [0.3, 0.4) is 0 Å². The fourth-order valence-corrected chi connectivity index (χ4v) is 2.18. The van der Waals surface area contributed by atoms with Gasteiger partial charge < -0.3 is 18.6 Å². The van der Waals surface area contributed by atoms with Gasteiger partial charge in [-0.15, -0.1) is 10.2 Å². The summed E-state index contributed by atoms with van der Waals surface area (Å²) in [6.45, 7) is 10.9. The van der Waals surface area contributed by atoms with E-state index < -0.39 is 5.97 Å². The number of aryl methyl sites for hydroxylation is 2. The molecule has 0 amide bonds. The van der Waals surface area contributed by atoms with Crippen molar-refractivity contribution in [1.82, 2.24) is 10.2 Å². The number of aromatic nitrogens is 2. The molecule has 1 heterocycles. The highest BCUT2D eigenvalue weighted by Crippen LogP contribution is 2.08. The van der Waals surface area contributed by atoms with Crippen molar-refractivity contribution in [3.63, 3.8) is 0 Å². The summed E-state index contributed by atoms with van der Waals surface area (Å²) >= 11 is 0. The molecule has 0 radical (unpaired) electrons. The second-order valence-corrected chi connectivity index (χ2v) is 6.82. The van der Waals surface area contributed by atoms with Crippen molar-refractivity contribution in [1.29, 1.82) is 0 Å². The largest absolute Gasteiger partial charge is 0.460 e. The maximum Gasteiger partial charge on any atom is 0.330 e. The van der Waals surface area contributed by atoms with E-state index in [0.29, 0.717) is 25.0 Å². The summed E-state index contributed by atoms with van der Waals surface area (Å²) in [5.74, 6) is 0.707. The van der Waals surface area contributed by atoms with Gasteiger partial charge in [-0.3, -0.25) is 0 Å². The van der Waals surface area contributed by atoms with E-state index in [1.807, 2.05) is 12.2 Å². The Hall–Kier alpha value is -2.77. The second kappa shape index (κ2) is 20.2. The molecule has 0 saturated heterocycles. The molecule has 2 rings (SSSR count). The molecule has 32 heavy (non-hydrogen) atoms. The summed E-state index contributed by atoms with van der Waals surface area (Å²) < 4.78 is 19.3. The van der Waals surface area contributed by atoms with Crippen LogP contribution in [0.2, 0.25) is 0 Å². The van der Waals surface area contributed by atoms with Crippen LogP contribution in [0.15, 0.2) is 41.3 Å². The SMILES string of the molecule is C=CC(=O)OCCOC.CCCCCCOC.Cc1ccc(/C=C/c2nnc(C)o2)cc1. The van der Waals surface area contributed by atoms with Crippen LogP contribution >= 0.6 is 0 Å². The van der Waals surface area contributed by atoms with Gasteiger partial charge in [-0.2, -0.15) is 0 Å². The summed E-state index contributed by atoms with van der Waals surface area (Å²) in [5.41, 5.74) is 2.37. The second-order valence-electron chi connectivity index (χ2n) is 6.82. The maximum absolute atomic E-state index is 10.3. The third-order valence-electron chi connectivity index (χ3n) is 3.94. The first kappa shape index (κ1) is 29.2. The molecule has 0 spiro atoms. The Balaban J connectivity index is 0.000000490. The van der Waals surface area contributed by atoms with Gasteiger partial charge in [0.15, 0.2) is 0 Å². The van der Waals surface area contributed by atoms with Crippen LogP contribution in [0.4, 0.5) is 0 Å². The standard InChI is InChI=1S/C12H12N2O.C7H16O.C6H10O3/c1-9-3-5-11(6-4-9)7-8-12-14-13-10(2)15-12;1-3-4-5-6-7-8-2;1-3-6(7)9-5-4-8-2/h3-8H,1-2H3;3-7H2,1-2H3;3H,1,4-5H2,2H3/b8-7+;;. The molecule has 7 nitrogen and oxygen atoms in total. The van der Waals surface area contributed by atoms with Gasteiger partial charge in [0.1, 0.15) is 6.61 Å². The number of ether oxygens (including phenoxy) is 3. The van der Waals surface area contributed by atoms with E-state index in [1.54, 1.807) is 21.1 Å². The number of nitrogens with zero attached hydrogens (tertiary/aromatic N) is 2. The molecule has 0 unspecified atom stereocenters. The first-order valence-corrected chi connectivity index (χ1v) is 10.8. The first-order valence-electron chi connectivity index (χ1n) is 10.8. The summed E-state index contributed by atoms with van der Waals surface area (Å²) in [7, 11) is 3.30. The molecular weight excluding hydrogens is 408 g/mol. The van der Waals surface area contributed by atoms with Crippen LogP contribution in [-0.4, -0.2) is 50.2 Å². The Morgan fingerprint density at radius 2 is 1.66 bits per heavy atom. The zero-order valence-corrected chi connectivity index (χ0v) is 20.1. The van der Waals surface area contributed by atoms with E-state index in [0.717, 1.165) is 18.2 Å². The van der Waals surface area contributed by atoms with Crippen LogP contribution in [0.1, 0.15) is 55.5 Å². The lowest BCUT2D eigenvalue weighted by atomic mass is 10.1. The summed E-state index contributed by atoms with van der Waals surface area (Å²) in [6, 6.07) is 8.24. The average molecular weight is 447 g/mol. The van der Waals surface area contributed by atoms with E-state index in [-0.39, 0.29) is 0 Å². The lowest BCUT2D eigenvalue weighted by molar-refractivity contribution is -0.138. The predicted molar refractivity (Wildman–Crippen MR) is 128 cm³/mol. The monoisotopic (exact) mass is 446 g/mol. The van der Waals surface area contributed by atoms with Crippen molar-refractivity contribution < 1.29 is 23.4 Å². The molecule has 0 aliphatic heterocycles. The van der Waals surface area contributed by atoms with Gasteiger partial charge in [0.25, 0.3) is 0 Å². The van der Waals surface area contributed by atoms with E-state index in [4.69, 9.17) is 9.15 Å². The Bertz CT molecular complexity index is 748. The number of carbonyl (C=O) groups excluding carboxylic acids is 1. The highest BCUT2D eigenvalue weighted by molar-refractivity contribution is 5.81. The normalized spacial score (nSPS) is 10.0. The van der Waals surface area contributed by atoms with Gasteiger partial charge in [0.2, 0.25) is 11.8 Å². The zero-order chi connectivity index (χ0) is 24.0. The molecule has 1 aromatic heterocycles. The molecular formula is C25H38N2O5. The molecule has 0 bridgehead atoms. The van der Waals surface area contributed by atoms with Crippen molar-refractivity contribution in [2.24, 2.45) is 0 Å². The van der Waals surface area contributed by atoms with Gasteiger partial charge in [-0.25, -0.2) is 4.79 Å². The van der Waals surface area contributed by atoms with Crippen LogP contribution in [0, 0.1) is 13.8 Å². The number of unbranched alkanes of at least 4 members (excludes halogenated alkanes) is 3. The molecule has 0 N–H and O–H groups in total. The summed E-state index contributed by atoms with van der Waals surface area (Å²) in [6.07, 6.45) is 10.1. The average Bonchev–Trinajstić information content (AvgIpc) is 3.22. The van der Waals surface area contributed by atoms with Gasteiger partial charge in [-0.05, 0) is 25.0 Å². The van der Waals surface area contributed by atoms with Crippen molar-refractivity contribution in [2.75, 3.05) is 34.0 Å². The summed E-state index contributed by atoms with van der Waals surface area (Å²) in [4.78, 5) is 10.3. The van der Waals surface area contributed by atoms with Gasteiger partial charge in [0, 0.05) is 39.9 Å². The highest BCUT2D eigenvalue weighted by Gasteiger charge is 1.96. The minimum absolute atomic E-state index is 0.293. The Morgan fingerprint density at radius 3 is 2.19 bits per heavy atom. The number of methoxy groups -OCH3 is 2. The topological polar surface area (TPSA) is 83.7 Å². The van der Waals surface area contributed by atoms with Gasteiger partial charge in [-0.1, -0.05) is 62.6 Å². The number of rotatable bonds is 11. The van der Waals surface area contributed by atoms with E-state index in [1.165, 1.54) is 31.2 Å². The minimum atomic E-state index is -0.410. The number of benzene rings is 1. The smallest absolute Gasteiger partial charge is 0.330 e. The molecule has 1 aromatic carbocycles. The quantitative estimate of drug-likeness (QED) is 0.258.